The van der Waals surface area contributed by atoms with Crippen LogP contribution in [0.2, 0.25) is 5.28 Å². The molecule has 100 valence electrons. The third kappa shape index (κ3) is 2.60. The first kappa shape index (κ1) is 13.3. The van der Waals surface area contributed by atoms with Crippen molar-refractivity contribution >= 4 is 23.4 Å². The summed E-state index contributed by atoms with van der Waals surface area (Å²) in [4.78, 5) is 5.67. The standard InChI is InChI=1S/C16H13ClN2S/c1-20-14-9-7-12(8-10-14)15-11-19(16(17)18-15)13-5-3-2-4-6-13/h2-11H,1H3. The van der Waals surface area contributed by atoms with E-state index in [4.69, 9.17) is 11.6 Å². The van der Waals surface area contributed by atoms with Crippen LogP contribution in [0, 0.1) is 0 Å². The van der Waals surface area contributed by atoms with Gasteiger partial charge in [-0.05, 0) is 42.1 Å². The fourth-order valence-corrected chi connectivity index (χ4v) is 2.67. The summed E-state index contributed by atoms with van der Waals surface area (Å²) < 4.78 is 1.89. The zero-order valence-electron chi connectivity index (χ0n) is 11.0. The second kappa shape index (κ2) is 5.73. The highest BCUT2D eigenvalue weighted by atomic mass is 35.5. The molecule has 0 saturated heterocycles. The van der Waals surface area contributed by atoms with Gasteiger partial charge in [0.15, 0.2) is 0 Å². The fraction of sp³-hybridized carbons (Fsp3) is 0.0625. The lowest BCUT2D eigenvalue weighted by Crippen LogP contribution is -1.90. The largest absolute Gasteiger partial charge is 0.290 e. The first-order valence-electron chi connectivity index (χ1n) is 6.22. The van der Waals surface area contributed by atoms with Crippen molar-refractivity contribution < 1.29 is 0 Å². The highest BCUT2D eigenvalue weighted by Crippen LogP contribution is 2.25. The molecule has 0 radical (unpaired) electrons. The van der Waals surface area contributed by atoms with Gasteiger partial charge in [-0.3, -0.25) is 4.57 Å². The Hall–Kier alpha value is -1.71. The Bertz CT molecular complexity index is 705. The number of halogens is 1. The maximum Gasteiger partial charge on any atom is 0.207 e. The van der Waals surface area contributed by atoms with E-state index >= 15 is 0 Å². The van der Waals surface area contributed by atoms with E-state index in [2.05, 4.69) is 35.5 Å². The van der Waals surface area contributed by atoms with E-state index in [0.29, 0.717) is 5.28 Å². The molecule has 0 aliphatic carbocycles. The minimum Gasteiger partial charge on any atom is -0.290 e. The van der Waals surface area contributed by atoms with Crippen LogP contribution in [-0.2, 0) is 0 Å². The van der Waals surface area contributed by atoms with Gasteiger partial charge in [0.1, 0.15) is 0 Å². The molecule has 0 amide bonds. The number of para-hydroxylation sites is 1. The van der Waals surface area contributed by atoms with Crippen LogP contribution in [0.25, 0.3) is 16.9 Å². The van der Waals surface area contributed by atoms with Gasteiger partial charge in [-0.25, -0.2) is 4.98 Å². The molecule has 1 heterocycles. The van der Waals surface area contributed by atoms with Crippen LogP contribution < -0.4 is 0 Å². The zero-order valence-corrected chi connectivity index (χ0v) is 12.5. The Morgan fingerprint density at radius 2 is 1.70 bits per heavy atom. The molecule has 3 aromatic rings. The van der Waals surface area contributed by atoms with Gasteiger partial charge in [-0.2, -0.15) is 0 Å². The summed E-state index contributed by atoms with van der Waals surface area (Å²) in [5, 5.41) is 0.472. The first-order valence-corrected chi connectivity index (χ1v) is 7.83. The number of nitrogens with zero attached hydrogens (tertiary/aromatic N) is 2. The van der Waals surface area contributed by atoms with E-state index in [-0.39, 0.29) is 0 Å². The number of aromatic nitrogens is 2. The number of thioether (sulfide) groups is 1. The number of hydrogen-bond acceptors (Lipinski definition) is 2. The Balaban J connectivity index is 2.00. The predicted molar refractivity (Wildman–Crippen MR) is 85.8 cm³/mol. The Kier molecular flexibility index (Phi) is 3.81. The maximum atomic E-state index is 6.24. The molecule has 2 nitrogen and oxygen atoms in total. The van der Waals surface area contributed by atoms with Crippen molar-refractivity contribution in [3.8, 4) is 16.9 Å². The SMILES string of the molecule is CSc1ccc(-c2cn(-c3ccccc3)c(Cl)n2)cc1. The average molecular weight is 301 g/mol. The van der Waals surface area contributed by atoms with E-state index in [1.54, 1.807) is 11.8 Å². The molecule has 2 aromatic carbocycles. The lowest BCUT2D eigenvalue weighted by atomic mass is 10.2. The molecule has 0 aliphatic heterocycles. The molecule has 0 atom stereocenters. The monoisotopic (exact) mass is 300 g/mol. The Morgan fingerprint density at radius 3 is 2.35 bits per heavy atom. The van der Waals surface area contributed by atoms with Gasteiger partial charge in [0, 0.05) is 22.3 Å². The smallest absolute Gasteiger partial charge is 0.207 e. The lowest BCUT2D eigenvalue weighted by molar-refractivity contribution is 1.06. The maximum absolute atomic E-state index is 6.24. The number of hydrogen-bond donors (Lipinski definition) is 0. The van der Waals surface area contributed by atoms with Crippen molar-refractivity contribution in [2.75, 3.05) is 6.26 Å². The van der Waals surface area contributed by atoms with Crippen molar-refractivity contribution in [1.82, 2.24) is 9.55 Å². The summed E-state index contributed by atoms with van der Waals surface area (Å²) in [5.41, 5.74) is 2.96. The fourth-order valence-electron chi connectivity index (χ4n) is 2.03. The van der Waals surface area contributed by atoms with Crippen LogP contribution in [0.4, 0.5) is 0 Å². The van der Waals surface area contributed by atoms with E-state index in [1.165, 1.54) is 4.90 Å². The van der Waals surface area contributed by atoms with Gasteiger partial charge in [0.2, 0.25) is 5.28 Å². The highest BCUT2D eigenvalue weighted by Gasteiger charge is 2.09. The minimum atomic E-state index is 0.472. The highest BCUT2D eigenvalue weighted by molar-refractivity contribution is 7.98. The molecule has 0 aliphatic rings. The summed E-state index contributed by atoms with van der Waals surface area (Å²) in [6.45, 7) is 0. The molecule has 0 bridgehead atoms. The van der Waals surface area contributed by atoms with Gasteiger partial charge in [-0.1, -0.05) is 30.3 Å². The predicted octanol–water partition coefficient (Wildman–Crippen LogP) is 4.91. The Morgan fingerprint density at radius 1 is 1.00 bits per heavy atom. The van der Waals surface area contributed by atoms with Crippen LogP contribution in [-0.4, -0.2) is 15.8 Å². The average Bonchev–Trinajstić information content (AvgIpc) is 2.90. The van der Waals surface area contributed by atoms with E-state index < -0.39 is 0 Å². The third-order valence-electron chi connectivity index (χ3n) is 3.08. The summed E-state index contributed by atoms with van der Waals surface area (Å²) in [5.74, 6) is 0. The molecular formula is C16H13ClN2S. The molecule has 0 N–H and O–H groups in total. The van der Waals surface area contributed by atoms with E-state index in [0.717, 1.165) is 16.9 Å². The van der Waals surface area contributed by atoms with Crippen molar-refractivity contribution in [2.45, 2.75) is 4.90 Å². The number of benzene rings is 2. The lowest BCUT2D eigenvalue weighted by Gasteiger charge is -2.02. The summed E-state index contributed by atoms with van der Waals surface area (Å²) in [6.07, 6.45) is 4.03. The van der Waals surface area contributed by atoms with E-state index in [1.807, 2.05) is 41.1 Å². The quantitative estimate of drug-likeness (QED) is 0.639. The summed E-state index contributed by atoms with van der Waals surface area (Å²) in [6, 6.07) is 18.3. The molecule has 20 heavy (non-hydrogen) atoms. The van der Waals surface area contributed by atoms with Crippen molar-refractivity contribution in [2.24, 2.45) is 0 Å². The van der Waals surface area contributed by atoms with Gasteiger partial charge in [0.25, 0.3) is 0 Å². The summed E-state index contributed by atoms with van der Waals surface area (Å²) >= 11 is 7.96. The Labute approximate surface area is 127 Å². The second-order valence-corrected chi connectivity index (χ2v) is 5.55. The molecule has 4 heteroatoms. The van der Waals surface area contributed by atoms with Crippen molar-refractivity contribution in [1.29, 1.82) is 0 Å². The second-order valence-electron chi connectivity index (χ2n) is 4.33. The van der Waals surface area contributed by atoms with Crippen LogP contribution in [0.1, 0.15) is 0 Å². The van der Waals surface area contributed by atoms with Crippen molar-refractivity contribution in [3.05, 3.63) is 66.1 Å². The van der Waals surface area contributed by atoms with Gasteiger partial charge >= 0.3 is 0 Å². The van der Waals surface area contributed by atoms with Gasteiger partial charge < -0.3 is 0 Å². The number of rotatable bonds is 3. The van der Waals surface area contributed by atoms with Crippen LogP contribution in [0.5, 0.6) is 0 Å². The molecule has 1 aromatic heterocycles. The van der Waals surface area contributed by atoms with Crippen LogP contribution >= 0.6 is 23.4 Å². The van der Waals surface area contributed by atoms with Crippen LogP contribution in [0.3, 0.4) is 0 Å². The van der Waals surface area contributed by atoms with Gasteiger partial charge in [0.05, 0.1) is 5.69 Å². The molecule has 0 spiro atoms. The van der Waals surface area contributed by atoms with Crippen LogP contribution in [0.15, 0.2) is 65.7 Å². The first-order chi connectivity index (χ1) is 9.78. The van der Waals surface area contributed by atoms with E-state index in [9.17, 15) is 0 Å². The topological polar surface area (TPSA) is 17.8 Å². The van der Waals surface area contributed by atoms with Crippen molar-refractivity contribution in [3.63, 3.8) is 0 Å². The normalized spacial score (nSPS) is 10.7. The number of imidazole rings is 1. The zero-order chi connectivity index (χ0) is 13.9. The molecule has 0 saturated carbocycles. The molecule has 3 rings (SSSR count). The minimum absolute atomic E-state index is 0.472. The third-order valence-corrected chi connectivity index (χ3v) is 4.09. The molecule has 0 unspecified atom stereocenters. The van der Waals surface area contributed by atoms with Gasteiger partial charge in [-0.15, -0.1) is 11.8 Å². The molecular weight excluding hydrogens is 288 g/mol. The molecule has 0 fully saturated rings. The summed E-state index contributed by atoms with van der Waals surface area (Å²) in [7, 11) is 0.